The SMILES string of the molecule is Fc1cc2nc(CCl)n(CCc3cccnc3)c2cc1Cl. The van der Waals surface area contributed by atoms with Crippen molar-refractivity contribution in [1.29, 1.82) is 0 Å². The highest BCUT2D eigenvalue weighted by molar-refractivity contribution is 6.31. The van der Waals surface area contributed by atoms with Crippen LogP contribution in [0.1, 0.15) is 11.4 Å². The van der Waals surface area contributed by atoms with E-state index in [1.54, 1.807) is 12.3 Å². The van der Waals surface area contributed by atoms with Crippen molar-refractivity contribution in [3.8, 4) is 0 Å². The average Bonchev–Trinajstić information content (AvgIpc) is 2.83. The first-order valence-corrected chi connectivity index (χ1v) is 7.39. The van der Waals surface area contributed by atoms with Gasteiger partial charge in [0.2, 0.25) is 0 Å². The molecule has 0 unspecified atom stereocenters. The zero-order chi connectivity index (χ0) is 14.8. The molecular weight excluding hydrogens is 312 g/mol. The lowest BCUT2D eigenvalue weighted by Crippen LogP contribution is -2.05. The summed E-state index contributed by atoms with van der Waals surface area (Å²) in [5, 5.41) is 0.0890. The first kappa shape index (κ1) is 14.3. The van der Waals surface area contributed by atoms with Gasteiger partial charge in [-0.25, -0.2) is 9.37 Å². The first-order chi connectivity index (χ1) is 10.2. The highest BCUT2D eigenvalue weighted by Gasteiger charge is 2.13. The molecule has 0 saturated carbocycles. The molecule has 0 aliphatic heterocycles. The van der Waals surface area contributed by atoms with Gasteiger partial charge in [0.25, 0.3) is 0 Å². The minimum atomic E-state index is -0.470. The molecule has 3 aromatic rings. The van der Waals surface area contributed by atoms with E-state index in [4.69, 9.17) is 23.2 Å². The van der Waals surface area contributed by atoms with E-state index in [9.17, 15) is 4.39 Å². The molecular formula is C15H12Cl2FN3. The van der Waals surface area contributed by atoms with E-state index < -0.39 is 5.82 Å². The van der Waals surface area contributed by atoms with Crippen molar-refractivity contribution in [3.05, 3.63) is 58.9 Å². The van der Waals surface area contributed by atoms with Crippen LogP contribution >= 0.6 is 23.2 Å². The van der Waals surface area contributed by atoms with Gasteiger partial charge in [-0.1, -0.05) is 17.7 Å². The van der Waals surface area contributed by atoms with E-state index in [-0.39, 0.29) is 10.9 Å². The Bertz CT molecular complexity index is 771. The smallest absolute Gasteiger partial charge is 0.144 e. The summed E-state index contributed by atoms with van der Waals surface area (Å²) in [5.41, 5.74) is 2.48. The van der Waals surface area contributed by atoms with Gasteiger partial charge in [-0.15, -0.1) is 11.6 Å². The van der Waals surface area contributed by atoms with Crippen LogP contribution < -0.4 is 0 Å². The van der Waals surface area contributed by atoms with Gasteiger partial charge in [-0.3, -0.25) is 4.98 Å². The average molecular weight is 324 g/mol. The molecule has 0 atom stereocenters. The molecule has 0 amide bonds. The molecule has 0 spiro atoms. The quantitative estimate of drug-likeness (QED) is 0.673. The summed E-state index contributed by atoms with van der Waals surface area (Å²) in [6.07, 6.45) is 4.35. The van der Waals surface area contributed by atoms with Crippen molar-refractivity contribution in [3.63, 3.8) is 0 Å². The van der Waals surface area contributed by atoms with Crippen molar-refractivity contribution in [2.75, 3.05) is 0 Å². The molecule has 0 N–H and O–H groups in total. The molecule has 0 fully saturated rings. The molecule has 3 rings (SSSR count). The minimum Gasteiger partial charge on any atom is -0.327 e. The van der Waals surface area contributed by atoms with Crippen LogP contribution in [0.3, 0.4) is 0 Å². The van der Waals surface area contributed by atoms with Gasteiger partial charge in [-0.05, 0) is 24.1 Å². The van der Waals surface area contributed by atoms with Gasteiger partial charge in [0.05, 0.1) is 21.9 Å². The molecule has 0 saturated heterocycles. The summed E-state index contributed by atoms with van der Waals surface area (Å²) in [6.45, 7) is 0.687. The Labute approximate surface area is 131 Å². The van der Waals surface area contributed by atoms with Crippen LogP contribution in [0.2, 0.25) is 5.02 Å². The molecule has 108 valence electrons. The van der Waals surface area contributed by atoms with Crippen molar-refractivity contribution < 1.29 is 4.39 Å². The first-order valence-electron chi connectivity index (χ1n) is 6.48. The van der Waals surface area contributed by atoms with Gasteiger partial charge in [0.1, 0.15) is 11.6 Å². The topological polar surface area (TPSA) is 30.7 Å². The third-order valence-corrected chi connectivity index (χ3v) is 3.86. The number of nitrogens with zero attached hydrogens (tertiary/aromatic N) is 3. The predicted octanol–water partition coefficient (Wildman–Crippen LogP) is 4.21. The fourth-order valence-corrected chi connectivity index (χ4v) is 2.67. The fourth-order valence-electron chi connectivity index (χ4n) is 2.31. The predicted molar refractivity (Wildman–Crippen MR) is 82.2 cm³/mol. The fraction of sp³-hybridized carbons (Fsp3) is 0.200. The Morgan fingerprint density at radius 2 is 2.14 bits per heavy atom. The van der Waals surface area contributed by atoms with Crippen LogP contribution in [0.25, 0.3) is 11.0 Å². The van der Waals surface area contributed by atoms with Crippen LogP contribution in [-0.4, -0.2) is 14.5 Å². The van der Waals surface area contributed by atoms with Gasteiger partial charge in [0.15, 0.2) is 0 Å². The van der Waals surface area contributed by atoms with E-state index >= 15 is 0 Å². The van der Waals surface area contributed by atoms with Crippen LogP contribution in [0, 0.1) is 5.82 Å². The lowest BCUT2D eigenvalue weighted by molar-refractivity contribution is 0.629. The Morgan fingerprint density at radius 3 is 2.86 bits per heavy atom. The third-order valence-electron chi connectivity index (χ3n) is 3.34. The normalized spacial score (nSPS) is 11.2. The van der Waals surface area contributed by atoms with Gasteiger partial charge < -0.3 is 4.57 Å². The van der Waals surface area contributed by atoms with Crippen LogP contribution in [0.5, 0.6) is 0 Å². The lowest BCUT2D eigenvalue weighted by Gasteiger charge is -2.08. The number of aromatic nitrogens is 3. The Balaban J connectivity index is 1.98. The lowest BCUT2D eigenvalue weighted by atomic mass is 10.2. The Kier molecular flexibility index (Phi) is 4.08. The Morgan fingerprint density at radius 1 is 1.29 bits per heavy atom. The second-order valence-corrected chi connectivity index (χ2v) is 5.35. The van der Waals surface area contributed by atoms with E-state index in [1.165, 1.54) is 6.07 Å². The molecule has 2 aromatic heterocycles. The van der Waals surface area contributed by atoms with Gasteiger partial charge in [-0.2, -0.15) is 0 Å². The number of halogens is 3. The van der Waals surface area contributed by atoms with Crippen molar-refractivity contribution in [2.45, 2.75) is 18.8 Å². The minimum absolute atomic E-state index is 0.0890. The van der Waals surface area contributed by atoms with E-state index in [1.807, 2.05) is 22.9 Å². The van der Waals surface area contributed by atoms with Crippen molar-refractivity contribution in [1.82, 2.24) is 14.5 Å². The van der Waals surface area contributed by atoms with E-state index in [0.717, 1.165) is 17.5 Å². The molecule has 21 heavy (non-hydrogen) atoms. The number of hydrogen-bond acceptors (Lipinski definition) is 2. The molecule has 3 nitrogen and oxygen atoms in total. The summed E-state index contributed by atoms with van der Waals surface area (Å²) in [5.74, 6) is 0.500. The monoisotopic (exact) mass is 323 g/mol. The van der Waals surface area contributed by atoms with Crippen LogP contribution in [-0.2, 0) is 18.8 Å². The maximum absolute atomic E-state index is 13.5. The molecule has 2 heterocycles. The molecule has 0 bridgehead atoms. The summed E-state index contributed by atoms with van der Waals surface area (Å²) in [7, 11) is 0. The van der Waals surface area contributed by atoms with E-state index in [0.29, 0.717) is 17.9 Å². The summed E-state index contributed by atoms with van der Waals surface area (Å²) in [4.78, 5) is 8.46. The molecule has 1 aromatic carbocycles. The number of fused-ring (bicyclic) bond motifs is 1. The zero-order valence-corrected chi connectivity index (χ0v) is 12.6. The second-order valence-electron chi connectivity index (χ2n) is 4.68. The summed E-state index contributed by atoms with van der Waals surface area (Å²) >= 11 is 11.8. The zero-order valence-electron chi connectivity index (χ0n) is 11.1. The number of alkyl halides is 1. The third kappa shape index (κ3) is 2.87. The Hall–Kier alpha value is -1.65. The molecule has 0 aliphatic rings. The number of pyridine rings is 1. The summed E-state index contributed by atoms with van der Waals surface area (Å²) < 4.78 is 15.5. The second kappa shape index (κ2) is 6.00. The van der Waals surface area contributed by atoms with E-state index in [2.05, 4.69) is 9.97 Å². The maximum atomic E-state index is 13.5. The van der Waals surface area contributed by atoms with Crippen LogP contribution in [0.15, 0.2) is 36.7 Å². The van der Waals surface area contributed by atoms with Crippen LogP contribution in [0.4, 0.5) is 4.39 Å². The number of rotatable bonds is 4. The van der Waals surface area contributed by atoms with Crippen molar-refractivity contribution in [2.24, 2.45) is 0 Å². The molecule has 0 radical (unpaired) electrons. The number of hydrogen-bond donors (Lipinski definition) is 0. The van der Waals surface area contributed by atoms with Gasteiger partial charge in [0, 0.05) is 25.0 Å². The highest BCUT2D eigenvalue weighted by Crippen LogP contribution is 2.25. The highest BCUT2D eigenvalue weighted by atomic mass is 35.5. The summed E-state index contributed by atoms with van der Waals surface area (Å²) in [6, 6.07) is 6.85. The molecule has 6 heteroatoms. The number of imidazole rings is 1. The number of aryl methyl sites for hydroxylation is 2. The van der Waals surface area contributed by atoms with Crippen molar-refractivity contribution >= 4 is 34.2 Å². The maximum Gasteiger partial charge on any atom is 0.144 e. The van der Waals surface area contributed by atoms with Gasteiger partial charge >= 0.3 is 0 Å². The standard InChI is InChI=1S/C15H12Cl2FN3/c16-8-15-20-13-7-12(18)11(17)6-14(13)21(15)5-3-10-2-1-4-19-9-10/h1-2,4,6-7,9H,3,5,8H2. The number of benzene rings is 1. The largest absolute Gasteiger partial charge is 0.327 e. The molecule has 0 aliphatic carbocycles.